The summed E-state index contributed by atoms with van der Waals surface area (Å²) in [5.41, 5.74) is 5.50. The minimum absolute atomic E-state index is 0.244. The average molecular weight is 231 g/mol. The molecule has 0 aromatic heterocycles. The monoisotopic (exact) mass is 231 g/mol. The molecule has 0 radical (unpaired) electrons. The normalized spacial score (nSPS) is 21.4. The third-order valence-electron chi connectivity index (χ3n) is 2.86. The molecule has 1 fully saturated rings. The molecule has 1 saturated carbocycles. The number of rotatable bonds is 5. The van der Waals surface area contributed by atoms with Gasteiger partial charge in [0, 0.05) is 12.1 Å². The molecule has 0 amide bonds. The predicted molar refractivity (Wildman–Crippen MR) is 57.4 cm³/mol. The van der Waals surface area contributed by atoms with E-state index in [1.807, 2.05) is 0 Å². The molecule has 1 atom stereocenters. The van der Waals surface area contributed by atoms with Gasteiger partial charge in [0.05, 0.1) is 6.07 Å². The molecule has 0 heterocycles. The van der Waals surface area contributed by atoms with Crippen LogP contribution in [0.25, 0.3) is 0 Å². The molecule has 1 aliphatic carbocycles. The molecule has 0 aliphatic heterocycles. The predicted octanol–water partition coefficient (Wildman–Crippen LogP) is 0.0894. The highest BCUT2D eigenvalue weighted by Gasteiger charge is 2.34. The number of nitrogens with zero attached hydrogens (tertiary/aromatic N) is 1. The molecule has 15 heavy (non-hydrogen) atoms. The average Bonchev–Trinajstić information content (AvgIpc) is 2.13. The van der Waals surface area contributed by atoms with Gasteiger partial charge in [-0.3, -0.25) is 0 Å². The van der Waals surface area contributed by atoms with Gasteiger partial charge in [-0.15, -0.1) is 0 Å². The minimum atomic E-state index is -3.52. The summed E-state index contributed by atoms with van der Waals surface area (Å²) in [5.74, 6) is 0. The number of nitrogens with two attached hydrogens (primary N) is 1. The van der Waals surface area contributed by atoms with Crippen LogP contribution in [0, 0.1) is 11.3 Å². The first-order valence-electron chi connectivity index (χ1n) is 5.10. The number of nitrogens with one attached hydrogen (secondary N) is 1. The van der Waals surface area contributed by atoms with Gasteiger partial charge in [-0.05, 0) is 25.7 Å². The fourth-order valence-electron chi connectivity index (χ4n) is 1.53. The van der Waals surface area contributed by atoms with Crippen LogP contribution in [0.4, 0.5) is 0 Å². The van der Waals surface area contributed by atoms with Crippen molar-refractivity contribution < 1.29 is 8.42 Å². The topological polar surface area (TPSA) is 96.0 Å². The molecule has 0 aromatic carbocycles. The van der Waals surface area contributed by atoms with Crippen LogP contribution in [-0.2, 0) is 10.0 Å². The van der Waals surface area contributed by atoms with Gasteiger partial charge < -0.3 is 5.73 Å². The van der Waals surface area contributed by atoms with E-state index in [1.54, 1.807) is 13.0 Å². The van der Waals surface area contributed by atoms with Gasteiger partial charge in [0.15, 0.2) is 5.25 Å². The van der Waals surface area contributed by atoms with Crippen LogP contribution in [0.3, 0.4) is 0 Å². The smallest absolute Gasteiger partial charge is 0.228 e. The highest BCUT2D eigenvalue weighted by molar-refractivity contribution is 7.90. The van der Waals surface area contributed by atoms with Crippen LogP contribution < -0.4 is 10.5 Å². The van der Waals surface area contributed by atoms with E-state index in [-0.39, 0.29) is 12.1 Å². The van der Waals surface area contributed by atoms with E-state index in [0.717, 1.165) is 19.3 Å². The summed E-state index contributed by atoms with van der Waals surface area (Å²) in [6, 6.07) is 1.77. The maximum absolute atomic E-state index is 11.6. The van der Waals surface area contributed by atoms with Gasteiger partial charge in [-0.1, -0.05) is 6.92 Å². The van der Waals surface area contributed by atoms with Crippen molar-refractivity contribution in [2.24, 2.45) is 5.73 Å². The molecule has 86 valence electrons. The van der Waals surface area contributed by atoms with E-state index >= 15 is 0 Å². The van der Waals surface area contributed by atoms with Gasteiger partial charge in [0.2, 0.25) is 10.0 Å². The fourth-order valence-corrected chi connectivity index (χ4v) is 2.80. The van der Waals surface area contributed by atoms with Gasteiger partial charge in [-0.2, -0.15) is 5.26 Å². The van der Waals surface area contributed by atoms with Crippen molar-refractivity contribution in [2.45, 2.75) is 43.4 Å². The second-order valence-electron chi connectivity index (χ2n) is 4.11. The van der Waals surface area contributed by atoms with Gasteiger partial charge >= 0.3 is 0 Å². The summed E-state index contributed by atoms with van der Waals surface area (Å²) >= 11 is 0. The van der Waals surface area contributed by atoms with Crippen LogP contribution in [0.1, 0.15) is 32.6 Å². The van der Waals surface area contributed by atoms with Gasteiger partial charge in [0.1, 0.15) is 0 Å². The lowest BCUT2D eigenvalue weighted by Crippen LogP contribution is -2.55. The van der Waals surface area contributed by atoms with Crippen molar-refractivity contribution in [1.29, 1.82) is 5.26 Å². The molecule has 1 unspecified atom stereocenters. The molecular weight excluding hydrogens is 214 g/mol. The number of sulfonamides is 1. The summed E-state index contributed by atoms with van der Waals surface area (Å²) in [6.07, 6.45) is 3.04. The largest absolute Gasteiger partial charge is 0.324 e. The van der Waals surface area contributed by atoms with E-state index < -0.39 is 15.3 Å². The van der Waals surface area contributed by atoms with Crippen molar-refractivity contribution in [2.75, 3.05) is 6.54 Å². The maximum Gasteiger partial charge on any atom is 0.228 e. The highest BCUT2D eigenvalue weighted by Crippen LogP contribution is 2.28. The Morgan fingerprint density at radius 2 is 2.20 bits per heavy atom. The summed E-state index contributed by atoms with van der Waals surface area (Å²) in [6.45, 7) is 1.92. The lowest BCUT2D eigenvalue weighted by molar-refractivity contribution is 0.251. The fraction of sp³-hybridized carbons (Fsp3) is 0.889. The Morgan fingerprint density at radius 3 is 2.53 bits per heavy atom. The van der Waals surface area contributed by atoms with Gasteiger partial charge in [0.25, 0.3) is 0 Å². The Hall–Kier alpha value is -0.640. The molecular formula is C9H17N3O2S. The minimum Gasteiger partial charge on any atom is -0.324 e. The molecule has 5 nitrogen and oxygen atoms in total. The molecule has 1 aliphatic rings. The second kappa shape index (κ2) is 4.47. The number of nitriles is 1. The van der Waals surface area contributed by atoms with E-state index in [9.17, 15) is 8.42 Å². The number of hydrogen-bond donors (Lipinski definition) is 2. The van der Waals surface area contributed by atoms with Crippen LogP contribution in [0.15, 0.2) is 0 Å². The maximum atomic E-state index is 11.6. The molecule has 0 spiro atoms. The lowest BCUT2D eigenvalue weighted by atomic mass is 9.78. The van der Waals surface area contributed by atoms with Crippen LogP contribution in [-0.4, -0.2) is 25.8 Å². The Bertz CT molecular complexity index is 354. The third kappa shape index (κ3) is 2.91. The number of hydrogen-bond acceptors (Lipinski definition) is 4. The van der Waals surface area contributed by atoms with Crippen molar-refractivity contribution in [3.8, 4) is 6.07 Å². The summed E-state index contributed by atoms with van der Waals surface area (Å²) in [7, 11) is -3.52. The molecule has 0 saturated heterocycles. The Morgan fingerprint density at radius 1 is 1.60 bits per heavy atom. The quantitative estimate of drug-likeness (QED) is 0.700. The van der Waals surface area contributed by atoms with Crippen molar-refractivity contribution in [1.82, 2.24) is 4.72 Å². The zero-order valence-electron chi connectivity index (χ0n) is 8.86. The summed E-state index contributed by atoms with van der Waals surface area (Å²) in [4.78, 5) is 0. The lowest BCUT2D eigenvalue weighted by Gasteiger charge is -2.38. The van der Waals surface area contributed by atoms with E-state index in [0.29, 0.717) is 6.42 Å². The third-order valence-corrected chi connectivity index (χ3v) is 4.60. The summed E-state index contributed by atoms with van der Waals surface area (Å²) < 4.78 is 25.6. The molecule has 3 N–H and O–H groups in total. The first kappa shape index (κ1) is 12.4. The standard InChI is InChI=1S/C9H17N3O2S/c1-2-8(6-10)15(13,14)12-7-9(11)4-3-5-9/h8,12H,2-5,7,11H2,1H3. The van der Waals surface area contributed by atoms with Crippen LogP contribution in [0.5, 0.6) is 0 Å². The first-order chi connectivity index (χ1) is 6.93. The Balaban J connectivity index is 2.53. The SMILES string of the molecule is CCC(C#N)S(=O)(=O)NCC1(N)CCC1. The highest BCUT2D eigenvalue weighted by atomic mass is 32.2. The van der Waals surface area contributed by atoms with E-state index in [2.05, 4.69) is 4.72 Å². The zero-order chi connectivity index (χ0) is 11.5. The van der Waals surface area contributed by atoms with Crippen molar-refractivity contribution >= 4 is 10.0 Å². The van der Waals surface area contributed by atoms with Gasteiger partial charge in [-0.25, -0.2) is 13.1 Å². The Labute approximate surface area is 90.7 Å². The first-order valence-corrected chi connectivity index (χ1v) is 6.65. The van der Waals surface area contributed by atoms with Crippen LogP contribution in [0.2, 0.25) is 0 Å². The van der Waals surface area contributed by atoms with E-state index in [1.165, 1.54) is 0 Å². The van der Waals surface area contributed by atoms with Crippen molar-refractivity contribution in [3.05, 3.63) is 0 Å². The van der Waals surface area contributed by atoms with Crippen LogP contribution >= 0.6 is 0 Å². The molecule has 6 heteroatoms. The zero-order valence-corrected chi connectivity index (χ0v) is 9.68. The summed E-state index contributed by atoms with van der Waals surface area (Å²) in [5, 5.41) is 7.69. The van der Waals surface area contributed by atoms with E-state index in [4.69, 9.17) is 11.0 Å². The second-order valence-corrected chi connectivity index (χ2v) is 6.06. The Kier molecular flexibility index (Phi) is 3.71. The molecule has 0 bridgehead atoms. The molecule has 0 aromatic rings. The molecule has 1 rings (SSSR count). The van der Waals surface area contributed by atoms with Crippen molar-refractivity contribution in [3.63, 3.8) is 0 Å².